The summed E-state index contributed by atoms with van der Waals surface area (Å²) in [7, 11) is 0. The van der Waals surface area contributed by atoms with Gasteiger partial charge in [-0.25, -0.2) is 0 Å². The van der Waals surface area contributed by atoms with E-state index >= 15 is 0 Å². The number of nitrogens with one attached hydrogen (secondary N) is 3. The molecule has 0 spiro atoms. The number of benzene rings is 1. The van der Waals surface area contributed by atoms with Crippen LogP contribution in [0.5, 0.6) is 0 Å². The molecule has 0 radical (unpaired) electrons. The van der Waals surface area contributed by atoms with Crippen molar-refractivity contribution in [1.82, 2.24) is 10.6 Å². The van der Waals surface area contributed by atoms with E-state index < -0.39 is 5.54 Å². The van der Waals surface area contributed by atoms with Gasteiger partial charge >= 0.3 is 0 Å². The lowest BCUT2D eigenvalue weighted by molar-refractivity contribution is -0.120. The van der Waals surface area contributed by atoms with Crippen molar-refractivity contribution < 1.29 is 9.59 Å². The van der Waals surface area contributed by atoms with Crippen molar-refractivity contribution in [2.24, 2.45) is 5.92 Å². The number of carbonyl (C=O) groups excluding carboxylic acids is 2. The molecule has 6 heteroatoms. The van der Waals surface area contributed by atoms with Gasteiger partial charge in [-0.1, -0.05) is 6.07 Å². The first kappa shape index (κ1) is 17.8. The number of amides is 2. The Morgan fingerprint density at radius 1 is 1.38 bits per heavy atom. The molecular formula is C18H24N4O2. The summed E-state index contributed by atoms with van der Waals surface area (Å²) in [6, 6.07) is 7.54. The van der Waals surface area contributed by atoms with E-state index in [1.165, 1.54) is 0 Å². The zero-order chi connectivity index (χ0) is 17.7. The molecule has 1 aromatic rings. The van der Waals surface area contributed by atoms with E-state index in [-0.39, 0.29) is 24.3 Å². The number of hydrogen-bond donors (Lipinski definition) is 3. The van der Waals surface area contributed by atoms with Gasteiger partial charge in [0, 0.05) is 17.8 Å². The molecule has 128 valence electrons. The van der Waals surface area contributed by atoms with Gasteiger partial charge in [-0.2, -0.15) is 5.26 Å². The largest absolute Gasteiger partial charge is 0.376 e. The maximum Gasteiger partial charge on any atom is 0.251 e. The lowest BCUT2D eigenvalue weighted by Crippen LogP contribution is -2.48. The second-order valence-corrected chi connectivity index (χ2v) is 6.38. The molecule has 2 rings (SSSR count). The monoisotopic (exact) mass is 328 g/mol. The Morgan fingerprint density at radius 2 is 2.08 bits per heavy atom. The smallest absolute Gasteiger partial charge is 0.251 e. The van der Waals surface area contributed by atoms with Crippen molar-refractivity contribution in [2.75, 3.05) is 18.4 Å². The van der Waals surface area contributed by atoms with Crippen LogP contribution in [0.15, 0.2) is 18.2 Å². The molecule has 24 heavy (non-hydrogen) atoms. The molecule has 0 saturated heterocycles. The van der Waals surface area contributed by atoms with Crippen LogP contribution in [-0.4, -0.2) is 30.4 Å². The molecule has 1 aliphatic rings. The van der Waals surface area contributed by atoms with Gasteiger partial charge in [0.2, 0.25) is 5.91 Å². The minimum atomic E-state index is -0.795. The van der Waals surface area contributed by atoms with Gasteiger partial charge in [0.05, 0.1) is 12.6 Å². The Morgan fingerprint density at radius 3 is 2.67 bits per heavy atom. The summed E-state index contributed by atoms with van der Waals surface area (Å²) >= 11 is 0. The van der Waals surface area contributed by atoms with Gasteiger partial charge in [0.15, 0.2) is 0 Å². The Balaban J connectivity index is 1.98. The quantitative estimate of drug-likeness (QED) is 0.713. The minimum Gasteiger partial charge on any atom is -0.376 e. The fourth-order valence-corrected chi connectivity index (χ4v) is 2.61. The van der Waals surface area contributed by atoms with E-state index in [4.69, 9.17) is 0 Å². The van der Waals surface area contributed by atoms with Crippen LogP contribution in [0.25, 0.3) is 0 Å². The fourth-order valence-electron chi connectivity index (χ4n) is 2.61. The van der Waals surface area contributed by atoms with E-state index in [1.54, 1.807) is 19.1 Å². The first-order valence-corrected chi connectivity index (χ1v) is 8.24. The highest BCUT2D eigenvalue weighted by atomic mass is 16.2. The van der Waals surface area contributed by atoms with Crippen LogP contribution in [0.4, 0.5) is 5.69 Å². The average molecular weight is 328 g/mol. The van der Waals surface area contributed by atoms with Crippen LogP contribution in [0.3, 0.4) is 0 Å². The summed E-state index contributed by atoms with van der Waals surface area (Å²) in [5.74, 6) is -0.126. The Labute approximate surface area is 142 Å². The zero-order valence-electron chi connectivity index (χ0n) is 14.4. The zero-order valence-corrected chi connectivity index (χ0v) is 14.4. The highest BCUT2D eigenvalue weighted by Crippen LogP contribution is 2.39. The lowest BCUT2D eigenvalue weighted by Gasteiger charge is -2.23. The van der Waals surface area contributed by atoms with Crippen molar-refractivity contribution >= 4 is 17.5 Å². The lowest BCUT2D eigenvalue weighted by atomic mass is 9.98. The van der Waals surface area contributed by atoms with Crippen LogP contribution in [0.1, 0.15) is 42.6 Å². The molecular weight excluding hydrogens is 304 g/mol. The van der Waals surface area contributed by atoms with Crippen molar-refractivity contribution in [3.63, 3.8) is 0 Å². The molecule has 1 aliphatic carbocycles. The summed E-state index contributed by atoms with van der Waals surface area (Å²) in [6.07, 6.45) is 1.96. The number of nitrogens with zero attached hydrogens (tertiary/aromatic N) is 1. The number of carbonyl (C=O) groups is 2. The SMILES string of the molecule is CCNC(=O)c1ccc(C)c(NCC(=O)N[C@](C)(C#N)C2CC2)c1. The van der Waals surface area contributed by atoms with E-state index in [0.29, 0.717) is 12.1 Å². The number of nitriles is 1. The van der Waals surface area contributed by atoms with E-state index in [1.807, 2.05) is 19.9 Å². The first-order chi connectivity index (χ1) is 11.4. The third-order valence-electron chi connectivity index (χ3n) is 4.30. The molecule has 0 aliphatic heterocycles. The average Bonchev–Trinajstić information content (AvgIpc) is 3.39. The molecule has 0 unspecified atom stereocenters. The molecule has 1 saturated carbocycles. The van der Waals surface area contributed by atoms with Gasteiger partial charge in [-0.05, 0) is 57.2 Å². The topological polar surface area (TPSA) is 94.0 Å². The van der Waals surface area contributed by atoms with Gasteiger partial charge in [0.25, 0.3) is 5.91 Å². The number of rotatable bonds is 7. The predicted octanol–water partition coefficient (Wildman–Crippen LogP) is 1.97. The summed E-state index contributed by atoms with van der Waals surface area (Å²) in [5, 5.41) is 17.9. The first-order valence-electron chi connectivity index (χ1n) is 8.24. The second-order valence-electron chi connectivity index (χ2n) is 6.38. The summed E-state index contributed by atoms with van der Waals surface area (Å²) in [6.45, 7) is 6.16. The van der Waals surface area contributed by atoms with E-state index in [9.17, 15) is 14.9 Å². The molecule has 2 amide bonds. The highest BCUT2D eigenvalue weighted by Gasteiger charge is 2.42. The highest BCUT2D eigenvalue weighted by molar-refractivity contribution is 5.95. The summed E-state index contributed by atoms with van der Waals surface area (Å²) < 4.78 is 0. The fraction of sp³-hybridized carbons (Fsp3) is 0.500. The van der Waals surface area contributed by atoms with Crippen molar-refractivity contribution in [3.8, 4) is 6.07 Å². The normalized spacial score (nSPS) is 15.8. The summed E-state index contributed by atoms with van der Waals surface area (Å²) in [4.78, 5) is 24.1. The van der Waals surface area contributed by atoms with Gasteiger partial charge < -0.3 is 16.0 Å². The standard InChI is InChI=1S/C18H24N4O2/c1-4-20-17(24)13-6-5-12(2)15(9-13)21-10-16(23)22-18(3,11-19)14-7-8-14/h5-6,9,14,21H,4,7-8,10H2,1-3H3,(H,20,24)(H,22,23)/t18-/m1/s1. The molecule has 1 atom stereocenters. The Bertz CT molecular complexity index is 676. The van der Waals surface area contributed by atoms with Crippen molar-refractivity contribution in [2.45, 2.75) is 39.2 Å². The Kier molecular flexibility index (Phi) is 5.45. The molecule has 3 N–H and O–H groups in total. The van der Waals surface area contributed by atoms with Crippen LogP contribution in [0, 0.1) is 24.2 Å². The molecule has 0 heterocycles. The molecule has 6 nitrogen and oxygen atoms in total. The predicted molar refractivity (Wildman–Crippen MR) is 92.6 cm³/mol. The van der Waals surface area contributed by atoms with Crippen LogP contribution >= 0.6 is 0 Å². The molecule has 0 aromatic heterocycles. The van der Waals surface area contributed by atoms with E-state index in [0.717, 1.165) is 24.1 Å². The van der Waals surface area contributed by atoms with Gasteiger partial charge in [-0.3, -0.25) is 9.59 Å². The number of aryl methyl sites for hydroxylation is 1. The van der Waals surface area contributed by atoms with Crippen molar-refractivity contribution in [1.29, 1.82) is 5.26 Å². The number of hydrogen-bond acceptors (Lipinski definition) is 4. The third-order valence-corrected chi connectivity index (χ3v) is 4.30. The summed E-state index contributed by atoms with van der Waals surface area (Å²) in [5.41, 5.74) is 1.43. The maximum absolute atomic E-state index is 12.2. The van der Waals surface area contributed by atoms with Crippen LogP contribution < -0.4 is 16.0 Å². The van der Waals surface area contributed by atoms with Crippen molar-refractivity contribution in [3.05, 3.63) is 29.3 Å². The minimum absolute atomic E-state index is 0.0592. The van der Waals surface area contributed by atoms with Gasteiger partial charge in [-0.15, -0.1) is 0 Å². The molecule has 0 bridgehead atoms. The van der Waals surface area contributed by atoms with Gasteiger partial charge in [0.1, 0.15) is 5.54 Å². The van der Waals surface area contributed by atoms with E-state index in [2.05, 4.69) is 22.0 Å². The van der Waals surface area contributed by atoms with Crippen LogP contribution in [-0.2, 0) is 4.79 Å². The molecule has 1 fully saturated rings. The maximum atomic E-state index is 12.2. The second kappa shape index (κ2) is 7.35. The van der Waals surface area contributed by atoms with Crippen LogP contribution in [0.2, 0.25) is 0 Å². The third kappa shape index (κ3) is 4.25. The number of anilines is 1. The molecule has 1 aromatic carbocycles. The Hall–Kier alpha value is -2.55.